The van der Waals surface area contributed by atoms with E-state index in [4.69, 9.17) is 0 Å². The molecule has 1 aliphatic heterocycles. The van der Waals surface area contributed by atoms with Gasteiger partial charge in [-0.3, -0.25) is 4.90 Å². The lowest BCUT2D eigenvalue weighted by atomic mass is 10.0. The van der Waals surface area contributed by atoms with Gasteiger partial charge in [-0.1, -0.05) is 54.6 Å². The van der Waals surface area contributed by atoms with Crippen molar-refractivity contribution in [3.63, 3.8) is 0 Å². The molecule has 2 heteroatoms. The molecule has 2 aromatic rings. The summed E-state index contributed by atoms with van der Waals surface area (Å²) >= 11 is 0. The highest BCUT2D eigenvalue weighted by molar-refractivity contribution is 5.28. The van der Waals surface area contributed by atoms with E-state index >= 15 is 0 Å². The summed E-state index contributed by atoms with van der Waals surface area (Å²) in [5.74, 6) is 0. The summed E-state index contributed by atoms with van der Waals surface area (Å²) in [5.41, 5.74) is 4.40. The van der Waals surface area contributed by atoms with Gasteiger partial charge >= 0.3 is 0 Å². The third-order valence-corrected chi connectivity index (χ3v) is 4.42. The lowest BCUT2D eigenvalue weighted by Crippen LogP contribution is -2.33. The van der Waals surface area contributed by atoms with Crippen molar-refractivity contribution in [2.24, 2.45) is 0 Å². The highest BCUT2D eigenvalue weighted by atomic mass is 15.1. The molecule has 21 heavy (non-hydrogen) atoms. The van der Waals surface area contributed by atoms with E-state index in [-0.39, 0.29) is 0 Å². The number of benzene rings is 2. The molecule has 0 amide bonds. The van der Waals surface area contributed by atoms with Crippen LogP contribution in [0.4, 0.5) is 0 Å². The Kier molecular flexibility index (Phi) is 4.69. The molecule has 1 heterocycles. The monoisotopic (exact) mass is 280 g/mol. The highest BCUT2D eigenvalue weighted by Gasteiger charge is 2.18. The number of hydrogen-bond acceptors (Lipinski definition) is 2. The molecule has 0 bridgehead atoms. The second kappa shape index (κ2) is 6.88. The van der Waals surface area contributed by atoms with Gasteiger partial charge in [-0.15, -0.1) is 0 Å². The molecule has 2 aromatic carbocycles. The number of likely N-dealkylation sites (N-methyl/N-ethyl adjacent to an activating group) is 1. The number of hydrogen-bond donors (Lipinski definition) is 1. The minimum atomic E-state index is 0.400. The topological polar surface area (TPSA) is 15.3 Å². The SMILES string of the molecule is CNC(CN1CCCc2ccccc2C1)c1ccccc1. The zero-order valence-corrected chi connectivity index (χ0v) is 12.8. The Balaban J connectivity index is 1.72. The quantitative estimate of drug-likeness (QED) is 0.923. The number of fused-ring (bicyclic) bond motifs is 1. The van der Waals surface area contributed by atoms with E-state index in [9.17, 15) is 0 Å². The molecule has 1 unspecified atom stereocenters. The standard InChI is InChI=1S/C19H24N2/c1-20-19(17-9-3-2-4-10-17)15-21-13-7-12-16-8-5-6-11-18(16)14-21/h2-6,8-11,19-20H,7,12-15H2,1H3. The van der Waals surface area contributed by atoms with Crippen LogP contribution in [0.15, 0.2) is 54.6 Å². The molecule has 0 fully saturated rings. The van der Waals surface area contributed by atoms with Crippen LogP contribution in [0, 0.1) is 0 Å². The molecular weight excluding hydrogens is 256 g/mol. The maximum absolute atomic E-state index is 3.47. The summed E-state index contributed by atoms with van der Waals surface area (Å²) in [6, 6.07) is 20.0. The third-order valence-electron chi connectivity index (χ3n) is 4.42. The number of rotatable bonds is 4. The first-order chi connectivity index (χ1) is 10.4. The largest absolute Gasteiger partial charge is 0.312 e. The molecule has 3 rings (SSSR count). The second-order valence-corrected chi connectivity index (χ2v) is 5.86. The van der Waals surface area contributed by atoms with Gasteiger partial charge in [0.05, 0.1) is 0 Å². The molecule has 0 saturated heterocycles. The minimum Gasteiger partial charge on any atom is -0.312 e. The first-order valence-electron chi connectivity index (χ1n) is 7.88. The Morgan fingerprint density at radius 2 is 1.71 bits per heavy atom. The molecule has 0 radical (unpaired) electrons. The Morgan fingerprint density at radius 3 is 2.48 bits per heavy atom. The molecule has 1 atom stereocenters. The molecule has 0 saturated carbocycles. The lowest BCUT2D eigenvalue weighted by molar-refractivity contribution is 0.242. The molecule has 0 spiro atoms. The maximum Gasteiger partial charge on any atom is 0.0447 e. The Bertz CT molecular complexity index is 565. The van der Waals surface area contributed by atoms with Crippen LogP contribution in [0.3, 0.4) is 0 Å². The van der Waals surface area contributed by atoms with Crippen molar-refractivity contribution in [2.45, 2.75) is 25.4 Å². The van der Waals surface area contributed by atoms with Gasteiger partial charge in [0.2, 0.25) is 0 Å². The van der Waals surface area contributed by atoms with Gasteiger partial charge in [0.25, 0.3) is 0 Å². The number of nitrogens with zero attached hydrogens (tertiary/aromatic N) is 1. The highest BCUT2D eigenvalue weighted by Crippen LogP contribution is 2.21. The third kappa shape index (κ3) is 3.52. The van der Waals surface area contributed by atoms with Crippen molar-refractivity contribution >= 4 is 0 Å². The van der Waals surface area contributed by atoms with Gasteiger partial charge in [0.1, 0.15) is 0 Å². The van der Waals surface area contributed by atoms with Crippen LogP contribution in [0.25, 0.3) is 0 Å². The van der Waals surface area contributed by atoms with E-state index in [1.165, 1.54) is 36.1 Å². The van der Waals surface area contributed by atoms with Gasteiger partial charge < -0.3 is 5.32 Å². The fourth-order valence-electron chi connectivity index (χ4n) is 3.23. The van der Waals surface area contributed by atoms with Crippen LogP contribution < -0.4 is 5.32 Å². The Hall–Kier alpha value is -1.64. The van der Waals surface area contributed by atoms with Gasteiger partial charge in [-0.2, -0.15) is 0 Å². The number of aryl methyl sites for hydroxylation is 1. The zero-order chi connectivity index (χ0) is 14.5. The van der Waals surface area contributed by atoms with E-state index < -0.39 is 0 Å². The molecule has 1 N–H and O–H groups in total. The summed E-state index contributed by atoms with van der Waals surface area (Å²) in [6.07, 6.45) is 2.46. The summed E-state index contributed by atoms with van der Waals surface area (Å²) in [5, 5.41) is 3.47. The lowest BCUT2D eigenvalue weighted by Gasteiger charge is -2.26. The van der Waals surface area contributed by atoms with Crippen LogP contribution >= 0.6 is 0 Å². The van der Waals surface area contributed by atoms with Gasteiger partial charge in [-0.25, -0.2) is 0 Å². The van der Waals surface area contributed by atoms with E-state index in [0.29, 0.717) is 6.04 Å². The summed E-state index contributed by atoms with van der Waals surface area (Å²) in [6.45, 7) is 3.32. The van der Waals surface area contributed by atoms with E-state index in [1.807, 2.05) is 0 Å². The van der Waals surface area contributed by atoms with Crippen LogP contribution in [0.5, 0.6) is 0 Å². The molecule has 110 valence electrons. The number of nitrogens with one attached hydrogen (secondary N) is 1. The van der Waals surface area contributed by atoms with Crippen molar-refractivity contribution in [1.82, 2.24) is 10.2 Å². The van der Waals surface area contributed by atoms with Crippen LogP contribution in [0.1, 0.15) is 29.2 Å². The van der Waals surface area contributed by atoms with Crippen LogP contribution in [0.2, 0.25) is 0 Å². The molecule has 0 aromatic heterocycles. The van der Waals surface area contributed by atoms with Crippen molar-refractivity contribution in [3.8, 4) is 0 Å². The van der Waals surface area contributed by atoms with E-state index in [1.54, 1.807) is 0 Å². The molecule has 2 nitrogen and oxygen atoms in total. The molecule has 1 aliphatic rings. The summed E-state index contributed by atoms with van der Waals surface area (Å²) in [7, 11) is 2.06. The van der Waals surface area contributed by atoms with E-state index in [0.717, 1.165) is 13.1 Å². The van der Waals surface area contributed by atoms with Gasteiger partial charge in [0.15, 0.2) is 0 Å². The zero-order valence-electron chi connectivity index (χ0n) is 12.8. The summed E-state index contributed by atoms with van der Waals surface area (Å²) < 4.78 is 0. The smallest absolute Gasteiger partial charge is 0.0447 e. The fourth-order valence-corrected chi connectivity index (χ4v) is 3.23. The minimum absolute atomic E-state index is 0.400. The predicted molar refractivity (Wildman–Crippen MR) is 88.3 cm³/mol. The first-order valence-corrected chi connectivity index (χ1v) is 7.88. The van der Waals surface area contributed by atoms with Crippen LogP contribution in [-0.2, 0) is 13.0 Å². The van der Waals surface area contributed by atoms with E-state index in [2.05, 4.69) is 71.9 Å². The average molecular weight is 280 g/mol. The predicted octanol–water partition coefficient (Wildman–Crippen LogP) is 3.40. The first kappa shape index (κ1) is 14.3. The van der Waals surface area contributed by atoms with Gasteiger partial charge in [-0.05, 0) is 43.1 Å². The average Bonchev–Trinajstić information content (AvgIpc) is 2.75. The fraction of sp³-hybridized carbons (Fsp3) is 0.368. The normalized spacial score (nSPS) is 17.0. The van der Waals surface area contributed by atoms with Crippen molar-refractivity contribution in [3.05, 3.63) is 71.3 Å². The second-order valence-electron chi connectivity index (χ2n) is 5.86. The van der Waals surface area contributed by atoms with Crippen molar-refractivity contribution in [2.75, 3.05) is 20.1 Å². The maximum atomic E-state index is 3.47. The van der Waals surface area contributed by atoms with Crippen molar-refractivity contribution < 1.29 is 0 Å². The molecule has 0 aliphatic carbocycles. The Labute approximate surface area is 127 Å². The summed E-state index contributed by atoms with van der Waals surface area (Å²) in [4.78, 5) is 2.58. The van der Waals surface area contributed by atoms with Crippen molar-refractivity contribution in [1.29, 1.82) is 0 Å². The van der Waals surface area contributed by atoms with Gasteiger partial charge in [0, 0.05) is 19.1 Å². The Morgan fingerprint density at radius 1 is 1.00 bits per heavy atom. The van der Waals surface area contributed by atoms with Crippen LogP contribution in [-0.4, -0.2) is 25.0 Å². The molecular formula is C19H24N2.